The number of esters is 1. The molecule has 0 aromatic heterocycles. The predicted octanol–water partition coefficient (Wildman–Crippen LogP) is 3.36. The molecule has 41 heavy (non-hydrogen) atoms. The minimum Gasteiger partial charge on any atom is -0.508 e. The Kier molecular flexibility index (Phi) is 12.4. The van der Waals surface area contributed by atoms with Crippen LogP contribution < -0.4 is 14.5 Å². The Bertz CT molecular complexity index is 1420. The van der Waals surface area contributed by atoms with E-state index in [0.29, 0.717) is 43.1 Å². The first-order valence-electron chi connectivity index (χ1n) is 12.6. The standard InChI is InChI=1S/C14H17NO4S.C10H13NO3S.C4H5ClO/c1-11(2)14(16)19-13-5-3-12(4-6-13)15-7-9-20(17,18)10-8-15;12-10-3-1-9(2-4-10)11-5-7-15(13,14)8-6-11;1-3(2)4(5)6/h3-6H,1,7-10H2,2H3;1-4,12H,5-8H2;1H2,2H3. The van der Waals surface area contributed by atoms with Crippen LogP contribution in [0.25, 0.3) is 0 Å². The van der Waals surface area contributed by atoms with E-state index in [1.54, 1.807) is 50.2 Å². The average Bonchev–Trinajstić information content (AvgIpc) is 2.90. The molecule has 0 spiro atoms. The number of anilines is 2. The lowest BCUT2D eigenvalue weighted by molar-refractivity contribution is -0.130. The molecule has 4 rings (SSSR count). The second-order valence-corrected chi connectivity index (χ2v) is 14.5. The number of carbonyl (C=O) groups is 2. The third kappa shape index (κ3) is 12.0. The molecule has 2 heterocycles. The summed E-state index contributed by atoms with van der Waals surface area (Å²) in [6.45, 7) is 12.0. The predicted molar refractivity (Wildman–Crippen MR) is 162 cm³/mol. The topological polar surface area (TPSA) is 138 Å². The first-order chi connectivity index (χ1) is 19.1. The summed E-state index contributed by atoms with van der Waals surface area (Å²) in [5.41, 5.74) is 2.62. The van der Waals surface area contributed by atoms with E-state index in [2.05, 4.69) is 13.2 Å². The Morgan fingerprint density at radius 3 is 1.39 bits per heavy atom. The highest BCUT2D eigenvalue weighted by Crippen LogP contribution is 2.22. The summed E-state index contributed by atoms with van der Waals surface area (Å²) >= 11 is 4.87. The van der Waals surface area contributed by atoms with Crippen LogP contribution in [0, 0.1) is 0 Å². The summed E-state index contributed by atoms with van der Waals surface area (Å²) in [6, 6.07) is 13.8. The summed E-state index contributed by atoms with van der Waals surface area (Å²) in [5, 5.41) is 8.66. The number of sulfone groups is 2. The zero-order chi connectivity index (χ0) is 30.8. The molecule has 2 aromatic carbocycles. The third-order valence-corrected chi connectivity index (χ3v) is 9.54. The van der Waals surface area contributed by atoms with Gasteiger partial charge >= 0.3 is 5.97 Å². The van der Waals surface area contributed by atoms with Gasteiger partial charge in [-0.3, -0.25) is 4.79 Å². The zero-order valence-corrected chi connectivity index (χ0v) is 25.5. The maximum atomic E-state index is 11.4. The van der Waals surface area contributed by atoms with Gasteiger partial charge in [-0.2, -0.15) is 0 Å². The molecule has 0 atom stereocenters. The van der Waals surface area contributed by atoms with Crippen LogP contribution in [0.15, 0.2) is 72.8 Å². The number of ether oxygens (including phenoxy) is 1. The van der Waals surface area contributed by atoms with Crippen LogP contribution >= 0.6 is 11.6 Å². The van der Waals surface area contributed by atoms with Crippen molar-refractivity contribution in [2.24, 2.45) is 0 Å². The molecule has 2 saturated heterocycles. The van der Waals surface area contributed by atoms with Crippen molar-refractivity contribution in [3.8, 4) is 11.5 Å². The van der Waals surface area contributed by atoms with Crippen LogP contribution in [0.4, 0.5) is 11.4 Å². The summed E-state index contributed by atoms with van der Waals surface area (Å²) in [5.74, 6) is 1.01. The summed E-state index contributed by atoms with van der Waals surface area (Å²) in [7, 11) is -5.70. The van der Waals surface area contributed by atoms with Crippen molar-refractivity contribution in [3.63, 3.8) is 0 Å². The van der Waals surface area contributed by atoms with E-state index < -0.39 is 30.9 Å². The fourth-order valence-corrected chi connectivity index (χ4v) is 5.93. The van der Waals surface area contributed by atoms with E-state index in [0.717, 1.165) is 11.4 Å². The smallest absolute Gasteiger partial charge is 0.338 e. The SMILES string of the molecule is C=C(C)C(=O)Cl.C=C(C)C(=O)Oc1ccc(N2CCS(=O)(=O)CC2)cc1.O=S1(=O)CCN(c2ccc(O)cc2)CC1. The lowest BCUT2D eigenvalue weighted by Crippen LogP contribution is -2.40. The second kappa shape index (κ2) is 15.0. The maximum absolute atomic E-state index is 11.4. The molecule has 2 aromatic rings. The highest BCUT2D eigenvalue weighted by molar-refractivity contribution is 7.91. The Morgan fingerprint density at radius 1 is 0.732 bits per heavy atom. The van der Waals surface area contributed by atoms with E-state index in [9.17, 15) is 26.4 Å². The van der Waals surface area contributed by atoms with Gasteiger partial charge in [0.1, 0.15) is 11.5 Å². The van der Waals surface area contributed by atoms with Gasteiger partial charge in [0, 0.05) is 48.7 Å². The maximum Gasteiger partial charge on any atom is 0.338 e. The lowest BCUT2D eigenvalue weighted by atomic mass is 10.2. The molecule has 0 amide bonds. The summed E-state index contributed by atoms with van der Waals surface area (Å²) < 4.78 is 50.3. The molecule has 1 N–H and O–H groups in total. The molecule has 0 aliphatic carbocycles. The second-order valence-electron chi connectivity index (χ2n) is 9.51. The van der Waals surface area contributed by atoms with Gasteiger partial charge < -0.3 is 19.6 Å². The number of halogens is 1. The number of rotatable bonds is 5. The number of benzene rings is 2. The zero-order valence-electron chi connectivity index (χ0n) is 23.1. The minimum atomic E-state index is -2.88. The van der Waals surface area contributed by atoms with E-state index in [4.69, 9.17) is 21.4 Å². The average molecular weight is 627 g/mol. The van der Waals surface area contributed by atoms with Crippen LogP contribution in [0.2, 0.25) is 0 Å². The number of carbonyl (C=O) groups excluding carboxylic acids is 2. The van der Waals surface area contributed by atoms with Gasteiger partial charge in [-0.1, -0.05) is 13.2 Å². The first kappa shape index (κ1) is 33.9. The van der Waals surface area contributed by atoms with Gasteiger partial charge in [-0.05, 0) is 74.0 Å². The first-order valence-corrected chi connectivity index (χ1v) is 16.6. The Balaban J connectivity index is 0.000000246. The molecule has 0 unspecified atom stereocenters. The number of allylic oxidation sites excluding steroid dienone is 1. The highest BCUT2D eigenvalue weighted by atomic mass is 35.5. The molecule has 0 saturated carbocycles. The largest absolute Gasteiger partial charge is 0.508 e. The summed E-state index contributed by atoms with van der Waals surface area (Å²) in [4.78, 5) is 25.2. The van der Waals surface area contributed by atoms with Crippen molar-refractivity contribution in [2.75, 3.05) is 59.0 Å². The number of aromatic hydroxyl groups is 1. The van der Waals surface area contributed by atoms with Crippen molar-refractivity contribution in [1.29, 1.82) is 0 Å². The van der Waals surface area contributed by atoms with Crippen molar-refractivity contribution < 1.29 is 36.3 Å². The van der Waals surface area contributed by atoms with Gasteiger partial charge in [0.05, 0.1) is 23.0 Å². The number of hydrogen-bond acceptors (Lipinski definition) is 10. The van der Waals surface area contributed by atoms with Crippen LogP contribution in [-0.2, 0) is 29.3 Å². The third-order valence-electron chi connectivity index (χ3n) is 6.00. The molecule has 2 aliphatic rings. The number of hydrogen-bond donors (Lipinski definition) is 1. The van der Waals surface area contributed by atoms with Crippen molar-refractivity contribution in [1.82, 2.24) is 0 Å². The van der Waals surface area contributed by atoms with Crippen LogP contribution in [0.5, 0.6) is 11.5 Å². The van der Waals surface area contributed by atoms with Gasteiger partial charge in [-0.25, -0.2) is 21.6 Å². The molecule has 224 valence electrons. The minimum absolute atomic E-state index is 0.180. The lowest BCUT2D eigenvalue weighted by Gasteiger charge is -2.28. The Labute approximate surface area is 246 Å². The van der Waals surface area contributed by atoms with E-state index >= 15 is 0 Å². The molecule has 0 radical (unpaired) electrons. The van der Waals surface area contributed by atoms with Crippen molar-refractivity contribution >= 4 is 53.9 Å². The van der Waals surface area contributed by atoms with Crippen LogP contribution in [0.1, 0.15) is 13.8 Å². The van der Waals surface area contributed by atoms with Gasteiger partial charge in [0.15, 0.2) is 19.7 Å². The fourth-order valence-electron chi connectivity index (χ4n) is 3.52. The summed E-state index contributed by atoms with van der Waals surface area (Å²) in [6.07, 6.45) is 0. The van der Waals surface area contributed by atoms with Crippen LogP contribution in [-0.4, -0.2) is 82.3 Å². The van der Waals surface area contributed by atoms with Gasteiger partial charge in [0.25, 0.3) is 0 Å². The molecule has 13 heteroatoms. The molecule has 10 nitrogen and oxygen atoms in total. The molecule has 0 bridgehead atoms. The van der Waals surface area contributed by atoms with Gasteiger partial charge in [-0.15, -0.1) is 0 Å². The number of phenols is 1. The van der Waals surface area contributed by atoms with Crippen molar-refractivity contribution in [2.45, 2.75) is 13.8 Å². The molecular formula is C28H35ClN2O8S2. The highest BCUT2D eigenvalue weighted by Gasteiger charge is 2.22. The van der Waals surface area contributed by atoms with Gasteiger partial charge in [0.2, 0.25) is 5.24 Å². The van der Waals surface area contributed by atoms with Crippen molar-refractivity contribution in [3.05, 3.63) is 72.8 Å². The van der Waals surface area contributed by atoms with E-state index in [1.165, 1.54) is 0 Å². The quantitative estimate of drug-likeness (QED) is 0.227. The normalized spacial score (nSPS) is 17.0. The molecule has 2 aliphatic heterocycles. The molecule has 2 fully saturated rings. The fraction of sp³-hybridized carbons (Fsp3) is 0.357. The van der Waals surface area contributed by atoms with Crippen LogP contribution in [0.3, 0.4) is 0 Å². The number of phenolic OH excluding ortho intramolecular Hbond substituents is 1. The molecular weight excluding hydrogens is 592 g/mol. The van der Waals surface area contributed by atoms with E-state index in [1.807, 2.05) is 21.9 Å². The monoisotopic (exact) mass is 626 g/mol. The number of nitrogens with zero attached hydrogens (tertiary/aromatic N) is 2. The Hall–Kier alpha value is -3.35. The Morgan fingerprint density at radius 2 is 1.07 bits per heavy atom. The van der Waals surface area contributed by atoms with E-state index in [-0.39, 0.29) is 28.8 Å².